The minimum Gasteiger partial charge on any atom is -0.352 e. The van der Waals surface area contributed by atoms with Gasteiger partial charge in [-0.2, -0.15) is 0 Å². The van der Waals surface area contributed by atoms with Crippen molar-refractivity contribution in [3.8, 4) is 0 Å². The van der Waals surface area contributed by atoms with Gasteiger partial charge in [-0.25, -0.2) is 0 Å². The molecule has 0 bridgehead atoms. The zero-order valence-corrected chi connectivity index (χ0v) is 11.6. The Bertz CT molecular complexity index is 375. The van der Waals surface area contributed by atoms with Crippen molar-refractivity contribution in [1.82, 2.24) is 14.8 Å². The second-order valence-electron chi connectivity index (χ2n) is 5.29. The average molecular weight is 235 g/mol. The molecule has 3 nitrogen and oxygen atoms in total. The van der Waals surface area contributed by atoms with E-state index in [1.165, 1.54) is 36.5 Å². The van der Waals surface area contributed by atoms with E-state index in [2.05, 4.69) is 48.7 Å². The maximum Gasteiger partial charge on any atom is 0.0175 e. The quantitative estimate of drug-likeness (QED) is 0.856. The van der Waals surface area contributed by atoms with E-state index in [1.807, 2.05) is 0 Å². The lowest BCUT2D eigenvalue weighted by Gasteiger charge is -2.32. The number of hydrogen-bond acceptors (Lipinski definition) is 2. The Balaban J connectivity index is 2.01. The summed E-state index contributed by atoms with van der Waals surface area (Å²) in [7, 11) is 2.16. The van der Waals surface area contributed by atoms with E-state index in [4.69, 9.17) is 0 Å². The Labute approximate surface area is 105 Å². The predicted molar refractivity (Wildman–Crippen MR) is 72.5 cm³/mol. The van der Waals surface area contributed by atoms with Crippen LogP contribution in [0.5, 0.6) is 0 Å². The zero-order chi connectivity index (χ0) is 12.4. The number of piperazine rings is 1. The van der Waals surface area contributed by atoms with Gasteiger partial charge in [0.1, 0.15) is 0 Å². The van der Waals surface area contributed by atoms with Crippen molar-refractivity contribution in [1.29, 1.82) is 0 Å². The molecule has 3 heteroatoms. The third-order valence-corrected chi connectivity index (χ3v) is 4.17. The van der Waals surface area contributed by atoms with Gasteiger partial charge in [-0.05, 0) is 38.8 Å². The molecule has 1 fully saturated rings. The summed E-state index contributed by atoms with van der Waals surface area (Å²) in [6, 6.07) is 2.99. The smallest absolute Gasteiger partial charge is 0.0175 e. The van der Waals surface area contributed by atoms with Gasteiger partial charge < -0.3 is 9.88 Å². The van der Waals surface area contributed by atoms with Crippen LogP contribution in [0.15, 0.2) is 6.07 Å². The highest BCUT2D eigenvalue weighted by Gasteiger charge is 2.18. The molecule has 17 heavy (non-hydrogen) atoms. The van der Waals surface area contributed by atoms with E-state index in [-0.39, 0.29) is 0 Å². The molecule has 1 aromatic rings. The summed E-state index contributed by atoms with van der Waals surface area (Å²) in [5, 5.41) is 3.41. The summed E-state index contributed by atoms with van der Waals surface area (Å²) in [5.41, 5.74) is 4.30. The van der Waals surface area contributed by atoms with Gasteiger partial charge in [0.15, 0.2) is 0 Å². The van der Waals surface area contributed by atoms with Gasteiger partial charge in [0.05, 0.1) is 0 Å². The van der Waals surface area contributed by atoms with E-state index < -0.39 is 0 Å². The number of aromatic nitrogens is 1. The summed E-state index contributed by atoms with van der Waals surface area (Å²) >= 11 is 0. The highest BCUT2D eigenvalue weighted by atomic mass is 15.2. The first-order valence-corrected chi connectivity index (χ1v) is 6.66. The Morgan fingerprint density at radius 1 is 1.29 bits per heavy atom. The molecule has 1 unspecified atom stereocenters. The van der Waals surface area contributed by atoms with Gasteiger partial charge in [-0.1, -0.05) is 0 Å². The fourth-order valence-corrected chi connectivity index (χ4v) is 2.71. The van der Waals surface area contributed by atoms with E-state index in [9.17, 15) is 0 Å². The number of nitrogens with zero attached hydrogens (tertiary/aromatic N) is 2. The highest BCUT2D eigenvalue weighted by molar-refractivity contribution is 5.27. The minimum absolute atomic E-state index is 0.651. The molecular formula is C14H25N3. The van der Waals surface area contributed by atoms with Crippen LogP contribution in [0.1, 0.15) is 23.9 Å². The second-order valence-corrected chi connectivity index (χ2v) is 5.29. The van der Waals surface area contributed by atoms with Crippen LogP contribution in [0.2, 0.25) is 0 Å². The fourth-order valence-electron chi connectivity index (χ4n) is 2.71. The summed E-state index contributed by atoms with van der Waals surface area (Å²) in [5.74, 6) is 0. The van der Waals surface area contributed by atoms with Gasteiger partial charge in [0.2, 0.25) is 0 Å². The predicted octanol–water partition coefficient (Wildman–Crippen LogP) is 1.48. The molecule has 0 amide bonds. The average Bonchev–Trinajstić information content (AvgIpc) is 2.58. The van der Waals surface area contributed by atoms with Crippen molar-refractivity contribution in [3.05, 3.63) is 23.0 Å². The number of nitrogens with one attached hydrogen (secondary N) is 1. The molecule has 0 aromatic carbocycles. The molecule has 0 saturated carbocycles. The molecule has 96 valence electrons. The van der Waals surface area contributed by atoms with Gasteiger partial charge in [-0.15, -0.1) is 0 Å². The maximum atomic E-state index is 3.41. The maximum absolute atomic E-state index is 3.41. The molecular weight excluding hydrogens is 210 g/mol. The first-order chi connectivity index (χ1) is 8.09. The topological polar surface area (TPSA) is 20.2 Å². The fraction of sp³-hybridized carbons (Fsp3) is 0.714. The summed E-state index contributed by atoms with van der Waals surface area (Å²) in [6.07, 6.45) is 1.17. The minimum atomic E-state index is 0.651. The Morgan fingerprint density at radius 2 is 1.94 bits per heavy atom. The van der Waals surface area contributed by atoms with Crippen molar-refractivity contribution in [3.63, 3.8) is 0 Å². The van der Waals surface area contributed by atoms with Gasteiger partial charge >= 0.3 is 0 Å². The molecule has 2 rings (SSSR count). The molecule has 1 saturated heterocycles. The summed E-state index contributed by atoms with van der Waals surface area (Å²) in [4.78, 5) is 2.60. The first kappa shape index (κ1) is 12.7. The van der Waals surface area contributed by atoms with Gasteiger partial charge in [0, 0.05) is 50.7 Å². The van der Waals surface area contributed by atoms with Crippen LogP contribution in [-0.4, -0.2) is 41.7 Å². The summed E-state index contributed by atoms with van der Waals surface area (Å²) < 4.78 is 2.29. The van der Waals surface area contributed by atoms with Crippen molar-refractivity contribution >= 4 is 0 Å². The largest absolute Gasteiger partial charge is 0.352 e. The zero-order valence-electron chi connectivity index (χ0n) is 11.6. The van der Waals surface area contributed by atoms with Crippen molar-refractivity contribution in [2.75, 3.05) is 26.2 Å². The molecule has 0 radical (unpaired) electrons. The van der Waals surface area contributed by atoms with E-state index in [0.717, 1.165) is 13.1 Å². The van der Waals surface area contributed by atoms with Crippen LogP contribution in [0.4, 0.5) is 0 Å². The van der Waals surface area contributed by atoms with Crippen LogP contribution in [0.3, 0.4) is 0 Å². The molecule has 2 heterocycles. The second kappa shape index (κ2) is 5.23. The standard InChI is InChI=1S/C14H25N3/c1-11-9-14(13(3)16(11)4)10-12(2)17-7-5-15-6-8-17/h9,12,15H,5-8,10H2,1-4H3. The van der Waals surface area contributed by atoms with Crippen LogP contribution in [0, 0.1) is 13.8 Å². The van der Waals surface area contributed by atoms with Gasteiger partial charge in [-0.3, -0.25) is 4.90 Å². The molecule has 1 aliphatic heterocycles. The monoisotopic (exact) mass is 235 g/mol. The molecule has 1 aromatic heterocycles. The normalized spacial score (nSPS) is 19.5. The molecule has 1 atom stereocenters. The molecule has 1 aliphatic rings. The lowest BCUT2D eigenvalue weighted by Crippen LogP contribution is -2.48. The number of hydrogen-bond donors (Lipinski definition) is 1. The van der Waals surface area contributed by atoms with Gasteiger partial charge in [0.25, 0.3) is 0 Å². The lowest BCUT2D eigenvalue weighted by atomic mass is 10.1. The Morgan fingerprint density at radius 3 is 2.47 bits per heavy atom. The number of rotatable bonds is 3. The summed E-state index contributed by atoms with van der Waals surface area (Å²) in [6.45, 7) is 11.4. The molecule has 1 N–H and O–H groups in total. The van der Waals surface area contributed by atoms with E-state index in [1.54, 1.807) is 0 Å². The van der Waals surface area contributed by atoms with E-state index >= 15 is 0 Å². The van der Waals surface area contributed by atoms with Crippen LogP contribution >= 0.6 is 0 Å². The molecule has 0 aliphatic carbocycles. The first-order valence-electron chi connectivity index (χ1n) is 6.66. The third-order valence-electron chi connectivity index (χ3n) is 4.17. The lowest BCUT2D eigenvalue weighted by molar-refractivity contribution is 0.183. The Hall–Kier alpha value is -0.800. The van der Waals surface area contributed by atoms with E-state index in [0.29, 0.717) is 6.04 Å². The van der Waals surface area contributed by atoms with Crippen LogP contribution in [-0.2, 0) is 13.5 Å². The van der Waals surface area contributed by atoms with Crippen LogP contribution in [0.25, 0.3) is 0 Å². The highest BCUT2D eigenvalue weighted by Crippen LogP contribution is 2.17. The van der Waals surface area contributed by atoms with Crippen molar-refractivity contribution < 1.29 is 0 Å². The Kier molecular flexibility index (Phi) is 3.89. The number of aryl methyl sites for hydroxylation is 1. The van der Waals surface area contributed by atoms with Crippen molar-refractivity contribution in [2.45, 2.75) is 33.2 Å². The van der Waals surface area contributed by atoms with Crippen LogP contribution < -0.4 is 5.32 Å². The third kappa shape index (κ3) is 2.72. The van der Waals surface area contributed by atoms with Crippen molar-refractivity contribution in [2.24, 2.45) is 7.05 Å². The molecule has 0 spiro atoms. The SMILES string of the molecule is Cc1cc(CC(C)N2CCNCC2)c(C)n1C.